The fourth-order valence-corrected chi connectivity index (χ4v) is 5.55. The van der Waals surface area contributed by atoms with Crippen molar-refractivity contribution in [2.24, 2.45) is 5.41 Å². The van der Waals surface area contributed by atoms with E-state index in [9.17, 15) is 28.6 Å². The summed E-state index contributed by atoms with van der Waals surface area (Å²) >= 11 is 3.53. The Morgan fingerprint density at radius 1 is 1.19 bits per heavy atom. The number of unbranched alkanes of at least 4 members (excludes halogenated alkanes) is 1. The number of nitrogens with zero attached hydrogens (tertiary/aromatic N) is 2. The summed E-state index contributed by atoms with van der Waals surface area (Å²) in [6.45, 7) is 13.4. The molecule has 0 amide bonds. The molecule has 2 aliphatic rings. The molecule has 2 aromatic rings. The van der Waals surface area contributed by atoms with Gasteiger partial charge in [0.05, 0.1) is 36.5 Å². The largest absolute Gasteiger partial charge is 0.417 e. The van der Waals surface area contributed by atoms with Crippen LogP contribution < -0.4 is 0 Å². The zero-order valence-corrected chi connectivity index (χ0v) is 27.4. The van der Waals surface area contributed by atoms with Crippen molar-refractivity contribution < 1.29 is 28.1 Å². The summed E-state index contributed by atoms with van der Waals surface area (Å²) in [5, 5.41) is 32.5. The standard InChI is InChI=1S/C29H33F3N2O3.C4H10.CH4S/c1-5-28(4)13-21-24(22(35)14-28)23(17-8-10-37-11-9-17)25(26(34-21)16(2)3)27(36)18-6-7-20(29(30,31)32)19(12-18)15-33;1-3-4-2;1-2/h6-8,12,16,22,27,35-36H,5,9-11,13-14H2,1-4H3;3-4H2,1-2H3;2H,1H3. The maximum absolute atomic E-state index is 13.4. The van der Waals surface area contributed by atoms with Gasteiger partial charge >= 0.3 is 6.18 Å². The van der Waals surface area contributed by atoms with E-state index in [2.05, 4.69) is 40.3 Å². The van der Waals surface area contributed by atoms with Crippen LogP contribution in [0, 0.1) is 16.7 Å². The fourth-order valence-electron chi connectivity index (χ4n) is 5.55. The Morgan fingerprint density at radius 2 is 1.84 bits per heavy atom. The Bertz CT molecular complexity index is 1300. The molecule has 0 spiro atoms. The van der Waals surface area contributed by atoms with Gasteiger partial charge in [-0.2, -0.15) is 31.1 Å². The lowest BCUT2D eigenvalue weighted by atomic mass is 9.69. The SMILES string of the molecule is CCC1(C)Cc2nc(C(C)C)c(C(O)c3ccc(C(F)(F)F)c(C#N)c3)c(C3=CCOCC3)c2C(O)C1.CCCC.CS. The number of aliphatic hydroxyl groups is 2. The number of aliphatic hydroxyl groups excluding tert-OH is 2. The van der Waals surface area contributed by atoms with E-state index in [1.165, 1.54) is 18.9 Å². The minimum atomic E-state index is -4.68. The number of aromatic nitrogens is 1. The zero-order valence-electron chi connectivity index (χ0n) is 26.5. The van der Waals surface area contributed by atoms with Crippen LogP contribution in [-0.4, -0.2) is 34.7 Å². The van der Waals surface area contributed by atoms with Crippen LogP contribution in [0.2, 0.25) is 0 Å². The smallest absolute Gasteiger partial charge is 0.388 e. The number of rotatable bonds is 6. The lowest BCUT2D eigenvalue weighted by Crippen LogP contribution is -2.31. The van der Waals surface area contributed by atoms with Gasteiger partial charge in [0.2, 0.25) is 0 Å². The van der Waals surface area contributed by atoms with Crippen LogP contribution in [0.5, 0.6) is 0 Å². The normalized spacial score (nSPS) is 20.5. The maximum Gasteiger partial charge on any atom is 0.417 e. The molecule has 0 radical (unpaired) electrons. The second-order valence-electron chi connectivity index (χ2n) is 11.7. The Kier molecular flexibility index (Phi) is 13.8. The number of fused-ring (bicyclic) bond motifs is 1. The van der Waals surface area contributed by atoms with Crippen molar-refractivity contribution in [1.29, 1.82) is 5.26 Å². The number of ether oxygens (including phenoxy) is 1. The Hall–Kier alpha value is -2.38. The van der Waals surface area contributed by atoms with Crippen molar-refractivity contribution in [3.8, 4) is 6.07 Å². The van der Waals surface area contributed by atoms with Gasteiger partial charge in [-0.1, -0.05) is 72.9 Å². The molecule has 0 fully saturated rings. The van der Waals surface area contributed by atoms with Gasteiger partial charge in [0.15, 0.2) is 0 Å². The molecule has 5 nitrogen and oxygen atoms in total. The monoisotopic (exact) mass is 620 g/mol. The van der Waals surface area contributed by atoms with Crippen molar-refractivity contribution in [1.82, 2.24) is 4.98 Å². The number of hydrogen-bond acceptors (Lipinski definition) is 6. The predicted octanol–water partition coefficient (Wildman–Crippen LogP) is 8.73. The van der Waals surface area contributed by atoms with E-state index < -0.39 is 29.5 Å². The van der Waals surface area contributed by atoms with Gasteiger partial charge in [0.25, 0.3) is 0 Å². The Morgan fingerprint density at radius 3 is 2.33 bits per heavy atom. The van der Waals surface area contributed by atoms with Crippen molar-refractivity contribution in [2.45, 2.75) is 104 Å². The first-order valence-corrected chi connectivity index (χ1v) is 16.0. The van der Waals surface area contributed by atoms with E-state index in [4.69, 9.17) is 9.72 Å². The molecule has 1 aliphatic carbocycles. The van der Waals surface area contributed by atoms with Crippen molar-refractivity contribution in [2.75, 3.05) is 19.5 Å². The third-order valence-electron chi connectivity index (χ3n) is 8.24. The fraction of sp³-hybridized carbons (Fsp3) is 0.588. The van der Waals surface area contributed by atoms with E-state index in [0.29, 0.717) is 54.9 Å². The van der Waals surface area contributed by atoms with Crippen LogP contribution in [0.15, 0.2) is 24.3 Å². The van der Waals surface area contributed by atoms with Gasteiger partial charge in [0, 0.05) is 22.5 Å². The molecule has 0 bridgehead atoms. The van der Waals surface area contributed by atoms with Gasteiger partial charge in [0.1, 0.15) is 6.10 Å². The minimum Gasteiger partial charge on any atom is -0.388 e. The molecule has 1 aromatic carbocycles. The van der Waals surface area contributed by atoms with Crippen molar-refractivity contribution in [3.63, 3.8) is 0 Å². The average Bonchev–Trinajstić information content (AvgIpc) is 3.00. The van der Waals surface area contributed by atoms with Crippen LogP contribution in [0.1, 0.15) is 137 Å². The van der Waals surface area contributed by atoms with Crippen LogP contribution in [0.4, 0.5) is 13.2 Å². The highest BCUT2D eigenvalue weighted by molar-refractivity contribution is 7.79. The lowest BCUT2D eigenvalue weighted by molar-refractivity contribution is -0.137. The third-order valence-corrected chi connectivity index (χ3v) is 8.24. The van der Waals surface area contributed by atoms with E-state index in [0.717, 1.165) is 29.8 Å². The summed E-state index contributed by atoms with van der Waals surface area (Å²) in [5.74, 6) is -0.106. The highest BCUT2D eigenvalue weighted by atomic mass is 32.1. The summed E-state index contributed by atoms with van der Waals surface area (Å²) in [6.07, 6.45) is 2.13. The number of hydrogen-bond donors (Lipinski definition) is 3. The van der Waals surface area contributed by atoms with Gasteiger partial charge in [-0.05, 0) is 65.7 Å². The first kappa shape index (κ1) is 36.8. The number of benzene rings is 1. The third kappa shape index (κ3) is 8.63. The molecule has 2 heterocycles. The average molecular weight is 621 g/mol. The molecule has 1 aliphatic heterocycles. The number of pyridine rings is 1. The quantitative estimate of drug-likeness (QED) is 0.281. The molecular formula is C34H47F3N2O3S. The summed E-state index contributed by atoms with van der Waals surface area (Å²) in [7, 11) is 0. The molecule has 3 atom stereocenters. The Balaban J connectivity index is 0.000000993. The van der Waals surface area contributed by atoms with Crippen LogP contribution >= 0.6 is 12.6 Å². The number of halogens is 3. The van der Waals surface area contributed by atoms with Gasteiger partial charge < -0.3 is 14.9 Å². The van der Waals surface area contributed by atoms with Gasteiger partial charge in [-0.25, -0.2) is 0 Å². The van der Waals surface area contributed by atoms with E-state index in [-0.39, 0.29) is 16.9 Å². The molecule has 2 N–H and O–H groups in total. The Labute approximate surface area is 260 Å². The van der Waals surface area contributed by atoms with E-state index in [1.807, 2.05) is 19.9 Å². The second-order valence-corrected chi connectivity index (χ2v) is 11.7. The molecule has 238 valence electrons. The molecular weight excluding hydrogens is 573 g/mol. The van der Waals surface area contributed by atoms with E-state index >= 15 is 0 Å². The summed E-state index contributed by atoms with van der Waals surface area (Å²) in [4.78, 5) is 4.98. The maximum atomic E-state index is 13.4. The minimum absolute atomic E-state index is 0.106. The van der Waals surface area contributed by atoms with Crippen LogP contribution in [0.3, 0.4) is 0 Å². The summed E-state index contributed by atoms with van der Waals surface area (Å²) in [5.41, 5.74) is 2.70. The highest BCUT2D eigenvalue weighted by Crippen LogP contribution is 2.49. The van der Waals surface area contributed by atoms with Crippen molar-refractivity contribution in [3.05, 3.63) is 69.0 Å². The van der Waals surface area contributed by atoms with E-state index in [1.54, 1.807) is 12.3 Å². The molecule has 3 unspecified atom stereocenters. The van der Waals surface area contributed by atoms with Gasteiger partial charge in [-0.3, -0.25) is 4.98 Å². The highest BCUT2D eigenvalue weighted by Gasteiger charge is 2.40. The summed E-state index contributed by atoms with van der Waals surface area (Å²) < 4.78 is 45.8. The molecule has 9 heteroatoms. The molecule has 1 aromatic heterocycles. The second kappa shape index (κ2) is 16.1. The summed E-state index contributed by atoms with van der Waals surface area (Å²) in [6, 6.07) is 4.78. The van der Waals surface area contributed by atoms with Gasteiger partial charge in [-0.15, -0.1) is 0 Å². The number of nitriles is 1. The number of thiol groups is 1. The van der Waals surface area contributed by atoms with Crippen LogP contribution in [-0.2, 0) is 17.3 Å². The molecule has 4 rings (SSSR count). The zero-order chi connectivity index (χ0) is 32.5. The van der Waals surface area contributed by atoms with Crippen molar-refractivity contribution >= 4 is 18.2 Å². The first-order valence-electron chi connectivity index (χ1n) is 15.1. The number of alkyl halides is 3. The lowest BCUT2D eigenvalue weighted by Gasteiger charge is -2.39. The topological polar surface area (TPSA) is 86.4 Å². The molecule has 43 heavy (non-hydrogen) atoms. The van der Waals surface area contributed by atoms with Crippen LogP contribution in [0.25, 0.3) is 5.57 Å². The first-order chi connectivity index (χ1) is 20.3. The predicted molar refractivity (Wildman–Crippen MR) is 169 cm³/mol. The molecule has 0 saturated carbocycles. The molecule has 0 saturated heterocycles.